The van der Waals surface area contributed by atoms with E-state index in [4.69, 9.17) is 0 Å². The molecule has 1 aliphatic rings. The third kappa shape index (κ3) is 3.96. The van der Waals surface area contributed by atoms with E-state index in [0.29, 0.717) is 25.3 Å². The lowest BCUT2D eigenvalue weighted by Gasteiger charge is -2.20. The van der Waals surface area contributed by atoms with Crippen LogP contribution in [0.4, 0.5) is 0 Å². The molecule has 1 atom stereocenters. The van der Waals surface area contributed by atoms with Crippen molar-refractivity contribution < 1.29 is 9.90 Å². The maximum atomic E-state index is 13.1. The summed E-state index contributed by atoms with van der Waals surface area (Å²) < 4.78 is 1.55. The van der Waals surface area contributed by atoms with Crippen LogP contribution in [-0.4, -0.2) is 38.6 Å². The minimum atomic E-state index is -0.443. The summed E-state index contributed by atoms with van der Waals surface area (Å²) in [5.74, 6) is -0.0816. The molecule has 28 heavy (non-hydrogen) atoms. The number of hydrogen-bond donors (Lipinski definition) is 1. The Morgan fingerprint density at radius 2 is 2.00 bits per heavy atom. The first kappa shape index (κ1) is 20.1. The van der Waals surface area contributed by atoms with E-state index in [1.54, 1.807) is 9.47 Å². The third-order valence-electron chi connectivity index (χ3n) is 5.40. The zero-order chi connectivity index (χ0) is 20.3. The number of nitrogens with zero attached hydrogens (tertiary/aromatic N) is 3. The lowest BCUT2D eigenvalue weighted by atomic mass is 9.99. The molecule has 0 saturated carbocycles. The van der Waals surface area contributed by atoms with Crippen LogP contribution in [-0.2, 0) is 6.42 Å². The fraction of sp³-hybridized carbons (Fsp3) is 0.500. The molecule has 0 bridgehead atoms. The molecule has 1 aromatic carbocycles. The Labute approximate surface area is 165 Å². The molecule has 3 rings (SSSR count). The molecule has 150 valence electrons. The molecular weight excluding hydrogens is 354 g/mol. The summed E-state index contributed by atoms with van der Waals surface area (Å²) in [5, 5.41) is 10.4. The number of benzene rings is 1. The van der Waals surface area contributed by atoms with Crippen molar-refractivity contribution in [1.29, 1.82) is 0 Å². The monoisotopic (exact) mass is 383 g/mol. The van der Waals surface area contributed by atoms with E-state index in [9.17, 15) is 14.7 Å². The van der Waals surface area contributed by atoms with Gasteiger partial charge in [0.1, 0.15) is 5.82 Å². The largest absolute Gasteiger partial charge is 0.493 e. The van der Waals surface area contributed by atoms with Gasteiger partial charge in [-0.15, -0.1) is 0 Å². The Morgan fingerprint density at radius 1 is 1.29 bits per heavy atom. The number of aromatic nitrogens is 2. The fourth-order valence-electron chi connectivity index (χ4n) is 3.90. The van der Waals surface area contributed by atoms with Crippen LogP contribution in [0, 0.1) is 0 Å². The summed E-state index contributed by atoms with van der Waals surface area (Å²) in [5.41, 5.74) is 0.541. The summed E-state index contributed by atoms with van der Waals surface area (Å²) >= 11 is 0. The van der Waals surface area contributed by atoms with Crippen molar-refractivity contribution >= 4 is 5.91 Å². The van der Waals surface area contributed by atoms with E-state index in [0.717, 1.165) is 19.3 Å². The molecule has 0 aliphatic carbocycles. The highest BCUT2D eigenvalue weighted by Gasteiger charge is 2.32. The highest BCUT2D eigenvalue weighted by molar-refractivity contribution is 5.96. The van der Waals surface area contributed by atoms with Crippen LogP contribution in [0.15, 0.2) is 35.1 Å². The molecule has 6 heteroatoms. The molecule has 1 saturated heterocycles. The fourth-order valence-corrected chi connectivity index (χ4v) is 3.90. The number of carbonyl (C=O) groups is 1. The van der Waals surface area contributed by atoms with Crippen molar-refractivity contribution in [3.63, 3.8) is 0 Å². The molecule has 1 N–H and O–H groups in total. The average Bonchev–Trinajstić information content (AvgIpc) is 3.16. The van der Waals surface area contributed by atoms with Gasteiger partial charge in [0.05, 0.1) is 0 Å². The van der Waals surface area contributed by atoms with E-state index < -0.39 is 17.3 Å². The number of rotatable bonds is 6. The Morgan fingerprint density at radius 3 is 2.64 bits per heavy atom. The first-order valence-electron chi connectivity index (χ1n) is 10.1. The minimum Gasteiger partial charge on any atom is -0.493 e. The molecule has 0 spiro atoms. The zero-order valence-corrected chi connectivity index (χ0v) is 16.9. The average molecular weight is 383 g/mol. The molecule has 6 nitrogen and oxygen atoms in total. The van der Waals surface area contributed by atoms with Gasteiger partial charge in [0.15, 0.2) is 5.56 Å². The van der Waals surface area contributed by atoms with Crippen molar-refractivity contribution in [3.8, 4) is 5.88 Å². The van der Waals surface area contributed by atoms with Crippen molar-refractivity contribution in [2.75, 3.05) is 13.1 Å². The maximum Gasteiger partial charge on any atom is 0.270 e. The number of unbranched alkanes of at least 4 members (excludes halogenated alkanes) is 1. The van der Waals surface area contributed by atoms with E-state index in [1.165, 1.54) is 5.56 Å². The zero-order valence-electron chi connectivity index (χ0n) is 16.9. The first-order chi connectivity index (χ1) is 13.4. The van der Waals surface area contributed by atoms with Crippen molar-refractivity contribution in [2.24, 2.45) is 0 Å². The van der Waals surface area contributed by atoms with Crippen LogP contribution in [0.2, 0.25) is 0 Å². The van der Waals surface area contributed by atoms with Gasteiger partial charge >= 0.3 is 0 Å². The Kier molecular flexibility index (Phi) is 6.17. The van der Waals surface area contributed by atoms with Gasteiger partial charge in [0, 0.05) is 31.5 Å². The highest BCUT2D eigenvalue weighted by atomic mass is 16.3. The summed E-state index contributed by atoms with van der Waals surface area (Å²) in [7, 11) is 0. The molecule has 0 radical (unpaired) electrons. The first-order valence-corrected chi connectivity index (χ1v) is 10.1. The number of carbonyl (C=O) groups excluding carboxylic acids is 1. The van der Waals surface area contributed by atoms with E-state index in [-0.39, 0.29) is 17.5 Å². The SMILES string of the molecule is CCCCc1nc(O)c(C(=O)N2CC[C@H](c3ccccc3)C2)c(=O)n1C(C)C. The second-order valence-electron chi connectivity index (χ2n) is 7.75. The van der Waals surface area contributed by atoms with E-state index in [1.807, 2.05) is 32.0 Å². The van der Waals surface area contributed by atoms with Gasteiger partial charge in [-0.2, -0.15) is 4.98 Å². The van der Waals surface area contributed by atoms with Crippen molar-refractivity contribution in [1.82, 2.24) is 14.5 Å². The van der Waals surface area contributed by atoms with Crippen molar-refractivity contribution in [3.05, 3.63) is 57.6 Å². The molecule has 1 fully saturated rings. The summed E-state index contributed by atoms with van der Waals surface area (Å²) in [4.78, 5) is 32.1. The van der Waals surface area contributed by atoms with E-state index in [2.05, 4.69) is 24.0 Å². The molecule has 2 aromatic rings. The molecule has 1 aromatic heterocycles. The second kappa shape index (κ2) is 8.59. The maximum absolute atomic E-state index is 13.1. The van der Waals surface area contributed by atoms with Gasteiger partial charge in [0.2, 0.25) is 5.88 Å². The minimum absolute atomic E-state index is 0.130. The van der Waals surface area contributed by atoms with Gasteiger partial charge in [-0.3, -0.25) is 14.2 Å². The normalized spacial score (nSPS) is 16.7. The lowest BCUT2D eigenvalue weighted by Crippen LogP contribution is -2.37. The van der Waals surface area contributed by atoms with Crippen LogP contribution in [0.1, 0.15) is 73.7 Å². The van der Waals surface area contributed by atoms with Crippen LogP contribution < -0.4 is 5.56 Å². The topological polar surface area (TPSA) is 75.4 Å². The van der Waals surface area contributed by atoms with Gasteiger partial charge in [-0.1, -0.05) is 43.7 Å². The predicted molar refractivity (Wildman–Crippen MR) is 109 cm³/mol. The molecule has 1 amide bonds. The third-order valence-corrected chi connectivity index (χ3v) is 5.40. The molecule has 1 aliphatic heterocycles. The van der Waals surface area contributed by atoms with E-state index >= 15 is 0 Å². The number of likely N-dealkylation sites (tertiary alicyclic amines) is 1. The molecular formula is C22H29N3O3. The number of aryl methyl sites for hydroxylation is 1. The quantitative estimate of drug-likeness (QED) is 0.828. The smallest absolute Gasteiger partial charge is 0.270 e. The Hall–Kier alpha value is -2.63. The van der Waals surface area contributed by atoms with Crippen LogP contribution in [0.5, 0.6) is 5.88 Å². The standard InChI is InChI=1S/C22H29N3O3/c1-4-5-11-18-23-20(26)19(22(28)25(18)15(2)3)21(27)24-13-12-17(14-24)16-9-7-6-8-10-16/h6-10,15,17,26H,4-5,11-14H2,1-3H3/t17-/m0/s1. The summed E-state index contributed by atoms with van der Waals surface area (Å²) in [6.45, 7) is 6.96. The Balaban J connectivity index is 1.90. The number of amides is 1. The summed E-state index contributed by atoms with van der Waals surface area (Å²) in [6, 6.07) is 9.95. The van der Waals surface area contributed by atoms with Crippen LogP contribution in [0.3, 0.4) is 0 Å². The number of aromatic hydroxyl groups is 1. The van der Waals surface area contributed by atoms with Gasteiger partial charge in [0.25, 0.3) is 11.5 Å². The second-order valence-corrected chi connectivity index (χ2v) is 7.75. The number of hydrogen-bond acceptors (Lipinski definition) is 4. The lowest BCUT2D eigenvalue weighted by molar-refractivity contribution is 0.0783. The van der Waals surface area contributed by atoms with Crippen LogP contribution >= 0.6 is 0 Å². The van der Waals surface area contributed by atoms with Gasteiger partial charge in [-0.25, -0.2) is 0 Å². The Bertz CT molecular complexity index is 890. The summed E-state index contributed by atoms with van der Waals surface area (Å²) in [6.07, 6.45) is 3.28. The predicted octanol–water partition coefficient (Wildman–Crippen LogP) is 3.50. The molecule has 0 unspecified atom stereocenters. The molecule has 2 heterocycles. The van der Waals surface area contributed by atoms with Crippen molar-refractivity contribution in [2.45, 2.75) is 58.4 Å². The van der Waals surface area contributed by atoms with Crippen LogP contribution in [0.25, 0.3) is 0 Å². The van der Waals surface area contributed by atoms with Gasteiger partial charge in [-0.05, 0) is 32.3 Å². The van der Waals surface area contributed by atoms with Gasteiger partial charge < -0.3 is 10.0 Å². The highest BCUT2D eigenvalue weighted by Crippen LogP contribution is 2.28.